The molecule has 5 nitrogen and oxygen atoms in total. The van der Waals surface area contributed by atoms with Gasteiger partial charge >= 0.3 is 0 Å². The summed E-state index contributed by atoms with van der Waals surface area (Å²) >= 11 is 1.32. The van der Waals surface area contributed by atoms with Crippen molar-refractivity contribution in [3.8, 4) is 0 Å². The highest BCUT2D eigenvalue weighted by atomic mass is 32.2. The molecule has 0 radical (unpaired) electrons. The van der Waals surface area contributed by atoms with Gasteiger partial charge in [-0.05, 0) is 51.0 Å². The number of nitrogens with zero attached hydrogens (tertiary/aromatic N) is 2. The Bertz CT molecular complexity index is 540. The Balaban J connectivity index is 2.19. The van der Waals surface area contributed by atoms with Gasteiger partial charge in [0.2, 0.25) is 0 Å². The van der Waals surface area contributed by atoms with Gasteiger partial charge in [-0.1, -0.05) is 0 Å². The summed E-state index contributed by atoms with van der Waals surface area (Å²) in [6.07, 6.45) is 1.90. The van der Waals surface area contributed by atoms with Crippen LogP contribution in [0.25, 0.3) is 0 Å². The average molecular weight is 317 g/mol. The molecule has 1 atom stereocenters. The van der Waals surface area contributed by atoms with Crippen LogP contribution < -0.4 is 5.32 Å². The number of rotatable bonds is 6. The van der Waals surface area contributed by atoms with Crippen LogP contribution in [-0.4, -0.2) is 57.9 Å². The summed E-state index contributed by atoms with van der Waals surface area (Å²) in [5.74, 6) is 0. The van der Waals surface area contributed by atoms with E-state index in [1.165, 1.54) is 11.3 Å². The Morgan fingerprint density at radius 2 is 2.25 bits per heavy atom. The number of thiophene rings is 1. The fourth-order valence-electron chi connectivity index (χ4n) is 2.63. The molecule has 1 aliphatic rings. The van der Waals surface area contributed by atoms with Gasteiger partial charge in [0, 0.05) is 25.7 Å². The summed E-state index contributed by atoms with van der Waals surface area (Å²) in [4.78, 5) is 2.05. The molecule has 0 aromatic carbocycles. The molecule has 20 heavy (non-hydrogen) atoms. The minimum absolute atomic E-state index is 0.102. The van der Waals surface area contributed by atoms with Gasteiger partial charge in [-0.15, -0.1) is 11.3 Å². The first-order valence-corrected chi connectivity index (χ1v) is 9.15. The van der Waals surface area contributed by atoms with Gasteiger partial charge in [0.05, 0.1) is 0 Å². The number of sulfonamides is 1. The fraction of sp³-hybridized carbons (Fsp3) is 0.692. The highest BCUT2D eigenvalue weighted by Gasteiger charge is 2.36. The van der Waals surface area contributed by atoms with Crippen molar-refractivity contribution in [1.29, 1.82) is 0 Å². The summed E-state index contributed by atoms with van der Waals surface area (Å²) in [5, 5.41) is 4.96. The van der Waals surface area contributed by atoms with E-state index in [1.54, 1.807) is 10.4 Å². The van der Waals surface area contributed by atoms with Crippen molar-refractivity contribution < 1.29 is 8.42 Å². The zero-order chi connectivity index (χ0) is 14.8. The van der Waals surface area contributed by atoms with Crippen molar-refractivity contribution in [2.45, 2.75) is 29.6 Å². The molecule has 0 spiro atoms. The molecule has 2 rings (SSSR count). The first kappa shape index (κ1) is 15.9. The highest BCUT2D eigenvalue weighted by Crippen LogP contribution is 2.30. The Morgan fingerprint density at radius 1 is 1.50 bits per heavy atom. The summed E-state index contributed by atoms with van der Waals surface area (Å²) < 4.78 is 27.6. The molecule has 1 unspecified atom stereocenters. The monoisotopic (exact) mass is 317 g/mol. The molecular weight excluding hydrogens is 294 g/mol. The Labute approximate surface area is 125 Å². The van der Waals surface area contributed by atoms with E-state index in [4.69, 9.17) is 0 Å². The molecule has 0 amide bonds. The van der Waals surface area contributed by atoms with E-state index in [-0.39, 0.29) is 6.04 Å². The first-order chi connectivity index (χ1) is 9.45. The van der Waals surface area contributed by atoms with Gasteiger partial charge < -0.3 is 10.2 Å². The van der Waals surface area contributed by atoms with Crippen LogP contribution in [0, 0.1) is 0 Å². The predicted octanol–water partition coefficient (Wildman–Crippen LogP) is 1.18. The van der Waals surface area contributed by atoms with Gasteiger partial charge in [-0.25, -0.2) is 8.42 Å². The Hall–Kier alpha value is -0.470. The lowest BCUT2D eigenvalue weighted by atomic mass is 10.2. The molecule has 7 heteroatoms. The molecule has 0 aliphatic carbocycles. The third kappa shape index (κ3) is 3.40. The second-order valence-electron chi connectivity index (χ2n) is 5.48. The largest absolute Gasteiger partial charge is 0.316 e. The Morgan fingerprint density at radius 3 is 2.90 bits per heavy atom. The fourth-order valence-corrected chi connectivity index (χ4v) is 5.65. The maximum absolute atomic E-state index is 12.7. The van der Waals surface area contributed by atoms with E-state index < -0.39 is 10.0 Å². The summed E-state index contributed by atoms with van der Waals surface area (Å²) in [6, 6.07) is 1.89. The van der Waals surface area contributed by atoms with Crippen LogP contribution in [0.15, 0.2) is 15.7 Å². The standard InChI is InChI=1S/C13H23N3O2S2/c1-14-8-11-7-13(19-10-11)20(17,18)16-6-4-5-12(16)9-15(2)3/h7,10,12,14H,4-6,8-9H2,1-3H3. The van der Waals surface area contributed by atoms with E-state index >= 15 is 0 Å². The lowest BCUT2D eigenvalue weighted by molar-refractivity contribution is 0.291. The molecular formula is C13H23N3O2S2. The van der Waals surface area contributed by atoms with E-state index in [0.717, 1.165) is 24.9 Å². The predicted molar refractivity (Wildman–Crippen MR) is 82.6 cm³/mol. The molecule has 0 bridgehead atoms. The molecule has 2 heterocycles. The van der Waals surface area contributed by atoms with Crippen molar-refractivity contribution in [1.82, 2.24) is 14.5 Å². The van der Waals surface area contributed by atoms with Crippen LogP contribution >= 0.6 is 11.3 Å². The van der Waals surface area contributed by atoms with E-state index in [1.807, 2.05) is 26.5 Å². The maximum Gasteiger partial charge on any atom is 0.252 e. The summed E-state index contributed by atoms with van der Waals surface area (Å²) in [7, 11) is 2.50. The van der Waals surface area contributed by atoms with Crippen LogP contribution in [0.5, 0.6) is 0 Å². The van der Waals surface area contributed by atoms with Gasteiger partial charge in [0.1, 0.15) is 4.21 Å². The van der Waals surface area contributed by atoms with Crippen LogP contribution in [0.1, 0.15) is 18.4 Å². The Kier molecular flexibility index (Phi) is 5.19. The van der Waals surface area contributed by atoms with Crippen LogP contribution in [0.4, 0.5) is 0 Å². The van der Waals surface area contributed by atoms with Crippen molar-refractivity contribution >= 4 is 21.4 Å². The van der Waals surface area contributed by atoms with Crippen molar-refractivity contribution in [2.75, 3.05) is 34.2 Å². The topological polar surface area (TPSA) is 52.7 Å². The quantitative estimate of drug-likeness (QED) is 0.856. The summed E-state index contributed by atoms with van der Waals surface area (Å²) in [6.45, 7) is 2.13. The molecule has 1 saturated heterocycles. The zero-order valence-corrected chi connectivity index (χ0v) is 13.9. The highest BCUT2D eigenvalue weighted by molar-refractivity contribution is 7.91. The van der Waals surface area contributed by atoms with Crippen molar-refractivity contribution in [2.24, 2.45) is 0 Å². The van der Waals surface area contributed by atoms with E-state index in [9.17, 15) is 8.42 Å². The number of hydrogen-bond acceptors (Lipinski definition) is 5. The number of likely N-dealkylation sites (N-methyl/N-ethyl adjacent to an activating group) is 1. The van der Waals surface area contributed by atoms with Crippen LogP contribution in [0.3, 0.4) is 0 Å². The summed E-state index contributed by atoms with van der Waals surface area (Å²) in [5.41, 5.74) is 1.03. The smallest absolute Gasteiger partial charge is 0.252 e. The third-order valence-electron chi connectivity index (χ3n) is 3.47. The molecule has 1 fully saturated rings. The SMILES string of the molecule is CNCc1csc(S(=O)(=O)N2CCCC2CN(C)C)c1. The number of nitrogens with one attached hydrogen (secondary N) is 1. The molecule has 1 aliphatic heterocycles. The first-order valence-electron chi connectivity index (χ1n) is 6.83. The molecule has 0 saturated carbocycles. The minimum Gasteiger partial charge on any atom is -0.316 e. The van der Waals surface area contributed by atoms with Gasteiger partial charge in [-0.2, -0.15) is 4.31 Å². The lowest BCUT2D eigenvalue weighted by Gasteiger charge is -2.25. The normalized spacial score (nSPS) is 20.9. The molecule has 1 aromatic rings. The van der Waals surface area contributed by atoms with Gasteiger partial charge in [0.15, 0.2) is 0 Å². The zero-order valence-electron chi connectivity index (χ0n) is 12.3. The van der Waals surface area contributed by atoms with E-state index in [2.05, 4.69) is 10.2 Å². The molecule has 114 valence electrons. The molecule has 1 aromatic heterocycles. The maximum atomic E-state index is 12.7. The van der Waals surface area contributed by atoms with Crippen molar-refractivity contribution in [3.05, 3.63) is 17.0 Å². The molecule has 1 N–H and O–H groups in total. The second-order valence-corrected chi connectivity index (χ2v) is 8.51. The second kappa shape index (κ2) is 6.53. The van der Waals surface area contributed by atoms with Gasteiger partial charge in [-0.3, -0.25) is 0 Å². The van der Waals surface area contributed by atoms with Gasteiger partial charge in [0.25, 0.3) is 10.0 Å². The van der Waals surface area contributed by atoms with Crippen LogP contribution in [-0.2, 0) is 16.6 Å². The van der Waals surface area contributed by atoms with Crippen molar-refractivity contribution in [3.63, 3.8) is 0 Å². The third-order valence-corrected chi connectivity index (χ3v) is 6.89. The minimum atomic E-state index is -3.33. The van der Waals surface area contributed by atoms with Crippen LogP contribution in [0.2, 0.25) is 0 Å². The number of hydrogen-bond donors (Lipinski definition) is 1. The van der Waals surface area contributed by atoms with E-state index in [0.29, 0.717) is 17.3 Å². The average Bonchev–Trinajstić information content (AvgIpc) is 2.98. The lowest BCUT2D eigenvalue weighted by Crippen LogP contribution is -2.40.